The van der Waals surface area contributed by atoms with Gasteiger partial charge in [0.2, 0.25) is 0 Å². The Balaban J connectivity index is 2.88. The quantitative estimate of drug-likeness (QED) is 0.540. The number of nitrogens with two attached hydrogens (primary N) is 1. The minimum absolute atomic E-state index is 0.0248. The van der Waals surface area contributed by atoms with Gasteiger partial charge >= 0.3 is 0 Å². The molecule has 0 amide bonds. The van der Waals surface area contributed by atoms with Crippen LogP contribution in [0.4, 0.5) is 0 Å². The second-order valence-electron chi connectivity index (χ2n) is 5.61. The number of hydrogen-bond acceptors (Lipinski definition) is 6. The van der Waals surface area contributed by atoms with E-state index >= 15 is 0 Å². The van der Waals surface area contributed by atoms with Crippen LogP contribution in [0.3, 0.4) is 0 Å². The first-order chi connectivity index (χ1) is 8.57. The van der Waals surface area contributed by atoms with E-state index in [1.54, 1.807) is 6.92 Å². The molecule has 1 aliphatic rings. The Bertz CT molecular complexity index is 501. The Morgan fingerprint density at radius 2 is 1.74 bits per heavy atom. The van der Waals surface area contributed by atoms with Crippen molar-refractivity contribution in [1.29, 1.82) is 0 Å². The Labute approximate surface area is 115 Å². The number of hydrogen-bond donors (Lipinski definition) is 2. The normalized spacial score (nSPS) is 28.8. The molecule has 0 spiro atoms. The summed E-state index contributed by atoms with van der Waals surface area (Å²) >= 11 is 0. The maximum Gasteiger partial charge on any atom is 0.151 e. The first-order valence-electron chi connectivity index (χ1n) is 6.41. The molecule has 0 aromatic carbocycles. The lowest BCUT2D eigenvalue weighted by molar-refractivity contribution is 0.267. The van der Waals surface area contributed by atoms with Crippen LogP contribution in [0.1, 0.15) is 32.6 Å². The summed E-state index contributed by atoms with van der Waals surface area (Å²) in [5, 5.41) is -1.00. The molecular formula is C11H24N2O4S2. The van der Waals surface area contributed by atoms with Gasteiger partial charge in [0.15, 0.2) is 9.84 Å². The van der Waals surface area contributed by atoms with Crippen molar-refractivity contribution in [1.82, 2.24) is 5.43 Å². The van der Waals surface area contributed by atoms with E-state index < -0.39 is 31.0 Å². The summed E-state index contributed by atoms with van der Waals surface area (Å²) in [4.78, 5) is 0. The largest absolute Gasteiger partial charge is 0.271 e. The standard InChI is InChI=1S/C11H24N2O4S2/c1-8(18(2,14)15)11(13-12)9-5-4-6-10(7-9)19(3,16)17/h8-11,13H,4-7,12H2,1-3H3. The minimum Gasteiger partial charge on any atom is -0.271 e. The fourth-order valence-electron chi connectivity index (χ4n) is 2.82. The van der Waals surface area contributed by atoms with Crippen LogP contribution in [0.5, 0.6) is 0 Å². The molecule has 0 saturated heterocycles. The zero-order chi connectivity index (χ0) is 14.8. The van der Waals surface area contributed by atoms with Gasteiger partial charge in [-0.3, -0.25) is 11.3 Å². The van der Waals surface area contributed by atoms with E-state index in [-0.39, 0.29) is 11.2 Å². The molecule has 1 fully saturated rings. The molecule has 0 bridgehead atoms. The monoisotopic (exact) mass is 312 g/mol. The number of nitrogens with one attached hydrogen (secondary N) is 1. The van der Waals surface area contributed by atoms with Gasteiger partial charge in [-0.25, -0.2) is 16.8 Å². The molecule has 1 aliphatic carbocycles. The van der Waals surface area contributed by atoms with Crippen molar-refractivity contribution in [2.75, 3.05) is 12.5 Å². The Kier molecular flexibility index (Phi) is 5.39. The first kappa shape index (κ1) is 16.9. The molecule has 1 rings (SSSR count). The molecule has 0 aliphatic heterocycles. The summed E-state index contributed by atoms with van der Waals surface area (Å²) in [5.41, 5.74) is 2.58. The summed E-state index contributed by atoms with van der Waals surface area (Å²) in [6, 6.07) is -0.403. The van der Waals surface area contributed by atoms with E-state index in [4.69, 9.17) is 5.84 Å². The first-order valence-corrected chi connectivity index (χ1v) is 10.3. The molecule has 19 heavy (non-hydrogen) atoms. The predicted octanol–water partition coefficient (Wildman–Crippen LogP) is -0.145. The van der Waals surface area contributed by atoms with Crippen LogP contribution in [0.15, 0.2) is 0 Å². The fourth-order valence-corrected chi connectivity index (χ4v) is 4.84. The van der Waals surface area contributed by atoms with Crippen molar-refractivity contribution in [2.45, 2.75) is 49.1 Å². The van der Waals surface area contributed by atoms with Crippen molar-refractivity contribution in [2.24, 2.45) is 11.8 Å². The lowest BCUT2D eigenvalue weighted by Crippen LogP contribution is -2.52. The summed E-state index contributed by atoms with van der Waals surface area (Å²) < 4.78 is 46.6. The lowest BCUT2D eigenvalue weighted by atomic mass is 9.82. The van der Waals surface area contributed by atoms with Gasteiger partial charge in [-0.15, -0.1) is 0 Å². The predicted molar refractivity (Wildman–Crippen MR) is 76.0 cm³/mol. The van der Waals surface area contributed by atoms with Gasteiger partial charge in [-0.1, -0.05) is 6.42 Å². The molecule has 8 heteroatoms. The highest BCUT2D eigenvalue weighted by Gasteiger charge is 2.37. The van der Waals surface area contributed by atoms with Gasteiger partial charge in [0, 0.05) is 18.6 Å². The van der Waals surface area contributed by atoms with Crippen LogP contribution in [0.25, 0.3) is 0 Å². The number of hydrazine groups is 1. The third-order valence-electron chi connectivity index (χ3n) is 4.15. The summed E-state index contributed by atoms with van der Waals surface area (Å²) in [6.45, 7) is 1.61. The SMILES string of the molecule is CC(C(NN)C1CCCC(S(C)(=O)=O)C1)S(C)(=O)=O. The van der Waals surface area contributed by atoms with Crippen molar-refractivity contribution in [3.63, 3.8) is 0 Å². The average Bonchev–Trinajstić information content (AvgIpc) is 2.28. The van der Waals surface area contributed by atoms with Crippen molar-refractivity contribution < 1.29 is 16.8 Å². The Hall–Kier alpha value is -0.180. The zero-order valence-corrected chi connectivity index (χ0v) is 13.3. The van der Waals surface area contributed by atoms with E-state index in [1.165, 1.54) is 12.5 Å². The second kappa shape index (κ2) is 6.07. The minimum atomic E-state index is -3.21. The van der Waals surface area contributed by atoms with Gasteiger partial charge in [0.1, 0.15) is 9.84 Å². The van der Waals surface area contributed by atoms with Gasteiger partial charge in [0.25, 0.3) is 0 Å². The summed E-state index contributed by atoms with van der Waals surface area (Å²) in [5.74, 6) is 5.47. The number of sulfone groups is 2. The second-order valence-corrected chi connectivity index (χ2v) is 10.3. The third-order valence-corrected chi connectivity index (χ3v) is 7.44. The lowest BCUT2D eigenvalue weighted by Gasteiger charge is -2.35. The highest BCUT2D eigenvalue weighted by atomic mass is 32.2. The van der Waals surface area contributed by atoms with Crippen LogP contribution < -0.4 is 11.3 Å². The average molecular weight is 312 g/mol. The van der Waals surface area contributed by atoms with Crippen molar-refractivity contribution in [3.8, 4) is 0 Å². The van der Waals surface area contributed by atoms with E-state index in [0.29, 0.717) is 12.8 Å². The molecular weight excluding hydrogens is 288 g/mol. The van der Waals surface area contributed by atoms with E-state index in [9.17, 15) is 16.8 Å². The molecule has 6 nitrogen and oxygen atoms in total. The molecule has 3 N–H and O–H groups in total. The van der Waals surface area contributed by atoms with Crippen molar-refractivity contribution >= 4 is 19.7 Å². The molecule has 0 heterocycles. The maximum atomic E-state index is 11.6. The number of rotatable bonds is 5. The topological polar surface area (TPSA) is 106 Å². The molecule has 4 atom stereocenters. The highest BCUT2D eigenvalue weighted by Crippen LogP contribution is 2.32. The van der Waals surface area contributed by atoms with Gasteiger partial charge in [0.05, 0.1) is 10.5 Å². The Morgan fingerprint density at radius 1 is 1.16 bits per heavy atom. The molecule has 0 aromatic heterocycles. The van der Waals surface area contributed by atoms with Gasteiger partial charge < -0.3 is 0 Å². The van der Waals surface area contributed by atoms with E-state index in [1.807, 2.05) is 0 Å². The van der Waals surface area contributed by atoms with E-state index in [0.717, 1.165) is 12.8 Å². The molecule has 1 saturated carbocycles. The molecule has 4 unspecified atom stereocenters. The Morgan fingerprint density at radius 3 is 2.16 bits per heavy atom. The van der Waals surface area contributed by atoms with Crippen LogP contribution in [-0.2, 0) is 19.7 Å². The van der Waals surface area contributed by atoms with Crippen molar-refractivity contribution in [3.05, 3.63) is 0 Å². The van der Waals surface area contributed by atoms with Crippen LogP contribution in [0, 0.1) is 5.92 Å². The molecule has 0 radical (unpaired) electrons. The third kappa shape index (κ3) is 4.40. The molecule has 0 aromatic rings. The van der Waals surface area contributed by atoms with Crippen LogP contribution >= 0.6 is 0 Å². The molecule has 114 valence electrons. The zero-order valence-electron chi connectivity index (χ0n) is 11.7. The summed E-state index contributed by atoms with van der Waals surface area (Å²) in [6.07, 6.45) is 5.15. The smallest absolute Gasteiger partial charge is 0.151 e. The maximum absolute atomic E-state index is 11.6. The summed E-state index contributed by atoms with van der Waals surface area (Å²) in [7, 11) is -6.29. The van der Waals surface area contributed by atoms with Gasteiger partial charge in [-0.05, 0) is 32.1 Å². The fraction of sp³-hybridized carbons (Fsp3) is 1.00. The van der Waals surface area contributed by atoms with Gasteiger partial charge in [-0.2, -0.15) is 0 Å². The van der Waals surface area contributed by atoms with Crippen LogP contribution in [-0.4, -0.2) is 45.9 Å². The van der Waals surface area contributed by atoms with Crippen LogP contribution in [0.2, 0.25) is 0 Å². The highest BCUT2D eigenvalue weighted by molar-refractivity contribution is 7.91. The van der Waals surface area contributed by atoms with E-state index in [2.05, 4.69) is 5.43 Å².